The molecule has 1 rings (SSSR count). The lowest BCUT2D eigenvalue weighted by Crippen LogP contribution is -2.39. The second kappa shape index (κ2) is 6.71. The minimum atomic E-state index is -2.88. The summed E-state index contributed by atoms with van der Waals surface area (Å²) >= 11 is 0. The van der Waals surface area contributed by atoms with Gasteiger partial charge in [0.05, 0.1) is 11.0 Å². The van der Waals surface area contributed by atoms with Crippen molar-refractivity contribution in [1.82, 2.24) is 10.2 Å². The van der Waals surface area contributed by atoms with Crippen LogP contribution < -0.4 is 5.32 Å². The van der Waals surface area contributed by atoms with Gasteiger partial charge in [-0.05, 0) is 59.3 Å². The Bertz CT molecular complexity index is 306. The first kappa shape index (κ1) is 14.9. The molecule has 4 nitrogen and oxygen atoms in total. The molecule has 5 heteroatoms. The molecule has 0 atom stereocenters. The zero-order valence-corrected chi connectivity index (χ0v) is 12.1. The van der Waals surface area contributed by atoms with Gasteiger partial charge in [0.15, 0.2) is 9.84 Å². The summed E-state index contributed by atoms with van der Waals surface area (Å²) in [6.45, 7) is 7.38. The van der Waals surface area contributed by atoms with Gasteiger partial charge in [0, 0.05) is 6.54 Å². The van der Waals surface area contributed by atoms with Crippen LogP contribution in [-0.2, 0) is 9.84 Å². The topological polar surface area (TPSA) is 49.4 Å². The van der Waals surface area contributed by atoms with Crippen molar-refractivity contribution in [3.63, 3.8) is 0 Å². The first-order valence-electron chi connectivity index (χ1n) is 6.54. The molecule has 0 aromatic carbocycles. The molecule has 1 fully saturated rings. The standard InChI is InChI=1S/C12H26N2O2S/c1-11(2)17(15,16)9-8-14-6-4-12(5-7-14)10-13-3/h11-13H,4-10H2,1-3H3. The normalized spacial score (nSPS) is 20.0. The van der Waals surface area contributed by atoms with E-state index in [0.29, 0.717) is 12.3 Å². The monoisotopic (exact) mass is 262 g/mol. The molecule has 102 valence electrons. The van der Waals surface area contributed by atoms with Crippen molar-refractivity contribution in [3.8, 4) is 0 Å². The van der Waals surface area contributed by atoms with E-state index in [-0.39, 0.29) is 5.25 Å². The first-order valence-corrected chi connectivity index (χ1v) is 8.25. The third kappa shape index (κ3) is 4.94. The molecular formula is C12H26N2O2S. The fraction of sp³-hybridized carbons (Fsp3) is 1.00. The number of nitrogens with one attached hydrogen (secondary N) is 1. The number of hydrogen-bond donors (Lipinski definition) is 1. The maximum absolute atomic E-state index is 11.7. The highest BCUT2D eigenvalue weighted by Crippen LogP contribution is 2.16. The van der Waals surface area contributed by atoms with E-state index in [4.69, 9.17) is 0 Å². The fourth-order valence-corrected chi connectivity index (χ4v) is 3.18. The molecule has 0 unspecified atom stereocenters. The Labute approximate surface area is 106 Å². The lowest BCUT2D eigenvalue weighted by molar-refractivity contribution is 0.192. The van der Waals surface area contributed by atoms with Gasteiger partial charge in [-0.1, -0.05) is 0 Å². The minimum Gasteiger partial charge on any atom is -0.319 e. The van der Waals surface area contributed by atoms with Gasteiger partial charge in [-0.2, -0.15) is 0 Å². The molecule has 0 aromatic rings. The van der Waals surface area contributed by atoms with Crippen molar-refractivity contribution < 1.29 is 8.42 Å². The molecule has 0 radical (unpaired) electrons. The second-order valence-corrected chi connectivity index (χ2v) is 7.94. The zero-order valence-electron chi connectivity index (χ0n) is 11.3. The summed E-state index contributed by atoms with van der Waals surface area (Å²) < 4.78 is 23.4. The van der Waals surface area contributed by atoms with E-state index < -0.39 is 9.84 Å². The van der Waals surface area contributed by atoms with Crippen LogP contribution in [-0.4, -0.2) is 57.5 Å². The average Bonchev–Trinajstić information content (AvgIpc) is 2.28. The highest BCUT2D eigenvalue weighted by Gasteiger charge is 2.21. The summed E-state index contributed by atoms with van der Waals surface area (Å²) in [6, 6.07) is 0. The molecule has 1 saturated heterocycles. The lowest BCUT2D eigenvalue weighted by atomic mass is 9.97. The molecule has 0 aromatic heterocycles. The van der Waals surface area contributed by atoms with Crippen LogP contribution in [0, 0.1) is 5.92 Å². The van der Waals surface area contributed by atoms with Gasteiger partial charge in [-0.25, -0.2) is 8.42 Å². The Morgan fingerprint density at radius 3 is 2.35 bits per heavy atom. The third-order valence-corrected chi connectivity index (χ3v) is 5.80. The third-order valence-electron chi connectivity index (χ3n) is 3.61. The van der Waals surface area contributed by atoms with Crippen molar-refractivity contribution in [2.45, 2.75) is 31.9 Å². The maximum Gasteiger partial charge on any atom is 0.153 e. The van der Waals surface area contributed by atoms with E-state index >= 15 is 0 Å². The van der Waals surface area contributed by atoms with Crippen LogP contribution in [0.1, 0.15) is 26.7 Å². The van der Waals surface area contributed by atoms with E-state index in [1.54, 1.807) is 13.8 Å². The van der Waals surface area contributed by atoms with Gasteiger partial charge in [0.1, 0.15) is 0 Å². The number of nitrogens with zero attached hydrogens (tertiary/aromatic N) is 1. The molecule has 1 heterocycles. The van der Waals surface area contributed by atoms with Crippen LogP contribution in [0.25, 0.3) is 0 Å². The second-order valence-electron chi connectivity index (χ2n) is 5.26. The Balaban J connectivity index is 2.27. The van der Waals surface area contributed by atoms with Crippen LogP contribution in [0.4, 0.5) is 0 Å². The average molecular weight is 262 g/mol. The summed E-state index contributed by atoms with van der Waals surface area (Å²) in [7, 11) is -0.888. The molecule has 1 aliphatic heterocycles. The first-order chi connectivity index (χ1) is 7.95. The van der Waals surface area contributed by atoms with Gasteiger partial charge in [-0.15, -0.1) is 0 Å². The van der Waals surface area contributed by atoms with Crippen LogP contribution in [0.5, 0.6) is 0 Å². The highest BCUT2D eigenvalue weighted by atomic mass is 32.2. The predicted molar refractivity (Wildman–Crippen MR) is 72.0 cm³/mol. The lowest BCUT2D eigenvalue weighted by Gasteiger charge is -2.31. The van der Waals surface area contributed by atoms with Crippen molar-refractivity contribution in [2.75, 3.05) is 39.0 Å². The summed E-state index contributed by atoms with van der Waals surface area (Å²) in [5, 5.41) is 2.96. The number of sulfone groups is 1. The predicted octanol–water partition coefficient (Wildman–Crippen LogP) is 0.741. The van der Waals surface area contributed by atoms with Crippen LogP contribution in [0.2, 0.25) is 0 Å². The Morgan fingerprint density at radius 2 is 1.88 bits per heavy atom. The zero-order chi connectivity index (χ0) is 12.9. The molecule has 0 aliphatic carbocycles. The number of hydrogen-bond acceptors (Lipinski definition) is 4. The summed E-state index contributed by atoms with van der Waals surface area (Å²) in [6.07, 6.45) is 2.37. The van der Waals surface area contributed by atoms with Crippen molar-refractivity contribution in [2.24, 2.45) is 5.92 Å². The maximum atomic E-state index is 11.7. The van der Waals surface area contributed by atoms with E-state index in [9.17, 15) is 8.42 Å². The Hall–Kier alpha value is -0.130. The van der Waals surface area contributed by atoms with Crippen molar-refractivity contribution in [1.29, 1.82) is 0 Å². The molecule has 0 spiro atoms. The quantitative estimate of drug-likeness (QED) is 0.767. The van der Waals surface area contributed by atoms with Gasteiger partial charge >= 0.3 is 0 Å². The molecule has 1 N–H and O–H groups in total. The molecular weight excluding hydrogens is 236 g/mol. The Morgan fingerprint density at radius 1 is 1.29 bits per heavy atom. The molecule has 17 heavy (non-hydrogen) atoms. The van der Waals surface area contributed by atoms with Gasteiger partial charge in [-0.3, -0.25) is 0 Å². The number of piperidine rings is 1. The van der Waals surface area contributed by atoms with Gasteiger partial charge in [0.25, 0.3) is 0 Å². The van der Waals surface area contributed by atoms with Crippen LogP contribution in [0.3, 0.4) is 0 Å². The molecule has 1 aliphatic rings. The van der Waals surface area contributed by atoms with E-state index in [0.717, 1.165) is 25.6 Å². The van der Waals surface area contributed by atoms with Crippen molar-refractivity contribution >= 4 is 9.84 Å². The summed E-state index contributed by atoms with van der Waals surface area (Å²) in [5.74, 6) is 1.07. The summed E-state index contributed by atoms with van der Waals surface area (Å²) in [5.41, 5.74) is 0. The number of likely N-dealkylation sites (tertiary alicyclic amines) is 1. The van der Waals surface area contributed by atoms with E-state index in [2.05, 4.69) is 10.2 Å². The van der Waals surface area contributed by atoms with Crippen molar-refractivity contribution in [3.05, 3.63) is 0 Å². The van der Waals surface area contributed by atoms with Crippen LogP contribution >= 0.6 is 0 Å². The van der Waals surface area contributed by atoms with E-state index in [1.165, 1.54) is 12.8 Å². The van der Waals surface area contributed by atoms with Crippen LogP contribution in [0.15, 0.2) is 0 Å². The fourth-order valence-electron chi connectivity index (χ4n) is 2.19. The highest BCUT2D eigenvalue weighted by molar-refractivity contribution is 7.92. The minimum absolute atomic E-state index is 0.246. The smallest absolute Gasteiger partial charge is 0.153 e. The summed E-state index contributed by atoms with van der Waals surface area (Å²) in [4.78, 5) is 2.28. The van der Waals surface area contributed by atoms with Gasteiger partial charge < -0.3 is 10.2 Å². The molecule has 0 amide bonds. The van der Waals surface area contributed by atoms with Gasteiger partial charge in [0.2, 0.25) is 0 Å². The SMILES string of the molecule is CNCC1CCN(CCS(=O)(=O)C(C)C)CC1. The molecule has 0 bridgehead atoms. The number of rotatable bonds is 6. The largest absolute Gasteiger partial charge is 0.319 e. The Kier molecular flexibility index (Phi) is 5.89. The van der Waals surface area contributed by atoms with E-state index in [1.807, 2.05) is 7.05 Å². The molecule has 0 saturated carbocycles.